The molecule has 4 aromatic rings. The fourth-order valence-corrected chi connectivity index (χ4v) is 4.59. The molecule has 29 heavy (non-hydrogen) atoms. The number of nitrogens with zero attached hydrogens (tertiary/aromatic N) is 6. The molecule has 1 aliphatic carbocycles. The molecule has 0 saturated heterocycles. The van der Waals surface area contributed by atoms with Crippen LogP contribution in [0.15, 0.2) is 30.9 Å². The average molecular weight is 425 g/mol. The van der Waals surface area contributed by atoms with E-state index in [0.29, 0.717) is 23.2 Å². The summed E-state index contributed by atoms with van der Waals surface area (Å²) in [5.41, 5.74) is 3.94. The van der Waals surface area contributed by atoms with Gasteiger partial charge in [-0.05, 0) is 48.4 Å². The monoisotopic (exact) mass is 424 g/mol. The first-order chi connectivity index (χ1) is 14.1. The third-order valence-corrected chi connectivity index (χ3v) is 6.07. The average Bonchev–Trinajstić information content (AvgIpc) is 3.21. The Morgan fingerprint density at radius 2 is 2.00 bits per heavy atom. The lowest BCUT2D eigenvalue weighted by Gasteiger charge is -2.09. The highest BCUT2D eigenvalue weighted by Crippen LogP contribution is 2.45. The molecular formula is C20H17ClN6OS. The summed E-state index contributed by atoms with van der Waals surface area (Å²) < 4.78 is 0. The van der Waals surface area contributed by atoms with Gasteiger partial charge in [-0.3, -0.25) is 4.79 Å². The molecular weight excluding hydrogens is 408 g/mol. The summed E-state index contributed by atoms with van der Waals surface area (Å²) in [6.07, 6.45) is 9.52. The van der Waals surface area contributed by atoms with Gasteiger partial charge >= 0.3 is 0 Å². The molecule has 0 aromatic carbocycles. The summed E-state index contributed by atoms with van der Waals surface area (Å²) in [4.78, 5) is 28.6. The molecule has 146 valence electrons. The highest BCUT2D eigenvalue weighted by atomic mass is 35.5. The SMILES string of the molecule is Cc1nc2c(C3CC3)c(CC(=O)Cc3cnc(-n4nccn4)c(Cl)c3)cnc2s1. The van der Waals surface area contributed by atoms with Crippen LogP contribution in [0.1, 0.15) is 40.5 Å². The van der Waals surface area contributed by atoms with Crippen LogP contribution in [0.25, 0.3) is 16.2 Å². The lowest BCUT2D eigenvalue weighted by Crippen LogP contribution is -2.10. The van der Waals surface area contributed by atoms with Gasteiger partial charge in [0.2, 0.25) is 0 Å². The topological polar surface area (TPSA) is 86.5 Å². The first-order valence-corrected chi connectivity index (χ1v) is 10.6. The van der Waals surface area contributed by atoms with Gasteiger partial charge in [0.05, 0.1) is 22.4 Å². The van der Waals surface area contributed by atoms with E-state index in [-0.39, 0.29) is 12.2 Å². The Morgan fingerprint density at radius 1 is 1.21 bits per heavy atom. The lowest BCUT2D eigenvalue weighted by atomic mass is 9.98. The molecule has 1 saturated carbocycles. The third-order valence-electron chi connectivity index (χ3n) is 4.92. The Bertz CT molecular complexity index is 1220. The Labute approximate surface area is 175 Å². The van der Waals surface area contributed by atoms with Crippen molar-refractivity contribution in [2.75, 3.05) is 0 Å². The first kappa shape index (κ1) is 18.3. The maximum Gasteiger partial charge on any atom is 0.193 e. The standard InChI is InChI=1S/C20H17ClN6OS/c1-11-26-18-17(13-2-3-13)14(10-23-20(18)29-11)8-15(28)6-12-7-16(21)19(22-9-12)27-24-4-5-25-27/h4-5,7,9-10,13H,2-3,6,8H2,1H3. The Kier molecular flexibility index (Phi) is 4.60. The molecule has 0 amide bonds. The van der Waals surface area contributed by atoms with Crippen molar-refractivity contribution < 1.29 is 4.79 Å². The fraction of sp³-hybridized carbons (Fsp3) is 0.300. The number of carbonyl (C=O) groups is 1. The summed E-state index contributed by atoms with van der Waals surface area (Å²) in [7, 11) is 0. The Balaban J connectivity index is 1.37. The van der Waals surface area contributed by atoms with Crippen LogP contribution in [0.3, 0.4) is 0 Å². The molecule has 0 bridgehead atoms. The van der Waals surface area contributed by atoms with Crippen molar-refractivity contribution >= 4 is 39.1 Å². The smallest absolute Gasteiger partial charge is 0.193 e. The number of aryl methyl sites for hydroxylation is 1. The van der Waals surface area contributed by atoms with Crippen LogP contribution in [-0.4, -0.2) is 35.7 Å². The predicted molar refractivity (Wildman–Crippen MR) is 111 cm³/mol. The van der Waals surface area contributed by atoms with Crippen molar-refractivity contribution in [1.29, 1.82) is 0 Å². The second kappa shape index (κ2) is 7.27. The van der Waals surface area contributed by atoms with Crippen LogP contribution in [0.2, 0.25) is 5.02 Å². The molecule has 0 atom stereocenters. The van der Waals surface area contributed by atoms with E-state index in [0.717, 1.165) is 39.3 Å². The minimum atomic E-state index is 0.0998. The maximum atomic E-state index is 12.8. The first-order valence-electron chi connectivity index (χ1n) is 9.36. The second-order valence-electron chi connectivity index (χ2n) is 7.22. The number of halogens is 1. The summed E-state index contributed by atoms with van der Waals surface area (Å²) in [6, 6.07) is 1.75. The van der Waals surface area contributed by atoms with Crippen LogP contribution < -0.4 is 0 Å². The summed E-state index contributed by atoms with van der Waals surface area (Å²) in [5, 5.41) is 9.48. The van der Waals surface area contributed by atoms with E-state index in [1.807, 2.05) is 13.1 Å². The summed E-state index contributed by atoms with van der Waals surface area (Å²) in [5.74, 6) is 1.04. The van der Waals surface area contributed by atoms with Crippen LogP contribution in [-0.2, 0) is 17.6 Å². The number of fused-ring (bicyclic) bond motifs is 1. The number of aromatic nitrogens is 6. The van der Waals surface area contributed by atoms with Crippen molar-refractivity contribution in [3.05, 3.63) is 57.6 Å². The zero-order valence-corrected chi connectivity index (χ0v) is 17.2. The summed E-state index contributed by atoms with van der Waals surface area (Å²) >= 11 is 7.92. The highest BCUT2D eigenvalue weighted by molar-refractivity contribution is 7.18. The molecule has 0 spiro atoms. The van der Waals surface area contributed by atoms with E-state index in [1.54, 1.807) is 36.0 Å². The number of ketones is 1. The van der Waals surface area contributed by atoms with Crippen molar-refractivity contribution in [2.24, 2.45) is 0 Å². The number of thiazole rings is 1. The molecule has 1 fully saturated rings. The van der Waals surface area contributed by atoms with E-state index >= 15 is 0 Å². The molecule has 5 rings (SSSR count). The van der Waals surface area contributed by atoms with Crippen molar-refractivity contribution in [2.45, 2.75) is 38.5 Å². The number of Topliss-reactive ketones (excluding diaryl/α,β-unsaturated/α-hetero) is 1. The number of hydrogen-bond donors (Lipinski definition) is 0. The van der Waals surface area contributed by atoms with E-state index in [4.69, 9.17) is 11.6 Å². The van der Waals surface area contributed by atoms with Gasteiger partial charge in [0.15, 0.2) is 5.82 Å². The van der Waals surface area contributed by atoms with Crippen molar-refractivity contribution in [3.8, 4) is 5.82 Å². The van der Waals surface area contributed by atoms with Crippen LogP contribution in [0.4, 0.5) is 0 Å². The molecule has 4 aromatic heterocycles. The molecule has 0 unspecified atom stereocenters. The van der Waals surface area contributed by atoms with Gasteiger partial charge in [-0.25, -0.2) is 15.0 Å². The number of pyridine rings is 2. The number of rotatable bonds is 6. The van der Waals surface area contributed by atoms with Gasteiger partial charge in [-0.2, -0.15) is 10.2 Å². The number of carbonyl (C=O) groups excluding carboxylic acids is 1. The normalized spacial score (nSPS) is 13.9. The highest BCUT2D eigenvalue weighted by Gasteiger charge is 2.30. The molecule has 0 N–H and O–H groups in total. The van der Waals surface area contributed by atoms with Gasteiger partial charge in [-0.15, -0.1) is 4.80 Å². The minimum Gasteiger partial charge on any atom is -0.299 e. The van der Waals surface area contributed by atoms with Crippen LogP contribution >= 0.6 is 22.9 Å². The van der Waals surface area contributed by atoms with Gasteiger partial charge < -0.3 is 0 Å². The van der Waals surface area contributed by atoms with Gasteiger partial charge in [0.25, 0.3) is 0 Å². The van der Waals surface area contributed by atoms with Crippen molar-refractivity contribution in [1.82, 2.24) is 29.9 Å². The number of hydrogen-bond acceptors (Lipinski definition) is 7. The van der Waals surface area contributed by atoms with Crippen LogP contribution in [0, 0.1) is 6.92 Å². The van der Waals surface area contributed by atoms with E-state index in [1.165, 1.54) is 10.4 Å². The summed E-state index contributed by atoms with van der Waals surface area (Å²) in [6.45, 7) is 1.99. The zero-order valence-electron chi connectivity index (χ0n) is 15.7. The van der Waals surface area contributed by atoms with Gasteiger partial charge in [0, 0.05) is 25.2 Å². The molecule has 9 heteroatoms. The Hall–Kier alpha value is -2.71. The minimum absolute atomic E-state index is 0.0998. The van der Waals surface area contributed by atoms with E-state index in [2.05, 4.69) is 25.1 Å². The largest absolute Gasteiger partial charge is 0.299 e. The fourth-order valence-electron chi connectivity index (χ4n) is 3.55. The molecule has 0 aliphatic heterocycles. The van der Waals surface area contributed by atoms with E-state index in [9.17, 15) is 4.79 Å². The second-order valence-corrected chi connectivity index (χ2v) is 8.81. The molecule has 1 aliphatic rings. The van der Waals surface area contributed by atoms with Crippen LogP contribution in [0.5, 0.6) is 0 Å². The van der Waals surface area contributed by atoms with Gasteiger partial charge in [-0.1, -0.05) is 22.9 Å². The Morgan fingerprint density at radius 3 is 2.72 bits per heavy atom. The maximum absolute atomic E-state index is 12.8. The quantitative estimate of drug-likeness (QED) is 0.467. The van der Waals surface area contributed by atoms with Crippen molar-refractivity contribution in [3.63, 3.8) is 0 Å². The van der Waals surface area contributed by atoms with Gasteiger partial charge in [0.1, 0.15) is 16.1 Å². The predicted octanol–water partition coefficient (Wildman–Crippen LogP) is 3.86. The van der Waals surface area contributed by atoms with E-state index < -0.39 is 0 Å². The zero-order chi connectivity index (χ0) is 20.0. The third kappa shape index (κ3) is 3.65. The lowest BCUT2D eigenvalue weighted by molar-refractivity contribution is -0.117. The molecule has 4 heterocycles. The molecule has 0 radical (unpaired) electrons. The molecule has 7 nitrogen and oxygen atoms in total.